The monoisotopic (exact) mass is 447 g/mol. The topological polar surface area (TPSA) is 79.4 Å². The van der Waals surface area contributed by atoms with E-state index in [2.05, 4.69) is 10.3 Å². The molecule has 3 rings (SSSR count). The molecule has 152 valence electrons. The van der Waals surface area contributed by atoms with Gasteiger partial charge in [0, 0.05) is 29.9 Å². The lowest BCUT2D eigenvalue weighted by Crippen LogP contribution is -2.22. The van der Waals surface area contributed by atoms with Crippen molar-refractivity contribution in [2.45, 2.75) is 16.7 Å². The first-order valence-corrected chi connectivity index (χ1v) is 12.0. The maximum absolute atomic E-state index is 12.2. The van der Waals surface area contributed by atoms with Crippen LogP contribution in [0.4, 0.5) is 5.13 Å². The molecule has 1 heterocycles. The average Bonchev–Trinajstić information content (AvgIpc) is 3.15. The molecule has 1 aromatic heterocycles. The lowest BCUT2D eigenvalue weighted by atomic mass is 10.2. The van der Waals surface area contributed by atoms with Gasteiger partial charge < -0.3 is 5.32 Å². The van der Waals surface area contributed by atoms with Crippen molar-refractivity contribution in [1.82, 2.24) is 9.29 Å². The van der Waals surface area contributed by atoms with Crippen molar-refractivity contribution in [2.75, 3.05) is 25.2 Å². The van der Waals surface area contributed by atoms with Gasteiger partial charge in [0.25, 0.3) is 0 Å². The number of benzene rings is 2. The Labute approximate surface area is 179 Å². The van der Waals surface area contributed by atoms with Gasteiger partial charge in [-0.1, -0.05) is 30.3 Å². The summed E-state index contributed by atoms with van der Waals surface area (Å²) in [6.45, 7) is 2.02. The molecule has 0 atom stereocenters. The molecule has 0 radical (unpaired) electrons. The normalized spacial score (nSPS) is 11.6. The zero-order chi connectivity index (χ0) is 21.0. The Balaban J connectivity index is 1.63. The van der Waals surface area contributed by atoms with E-state index >= 15 is 0 Å². The molecular formula is C20H21N3O3S3. The van der Waals surface area contributed by atoms with Crippen molar-refractivity contribution in [3.63, 3.8) is 0 Å². The number of aryl methyl sites for hydroxylation is 1. The maximum atomic E-state index is 12.2. The van der Waals surface area contributed by atoms with Crippen LogP contribution < -0.4 is 5.32 Å². The summed E-state index contributed by atoms with van der Waals surface area (Å²) in [6, 6.07) is 14.5. The third-order valence-corrected chi connectivity index (χ3v) is 7.89. The number of hydrogen-bond acceptors (Lipinski definition) is 6. The molecular weight excluding hydrogens is 426 g/mol. The number of nitrogens with zero attached hydrogens (tertiary/aromatic N) is 2. The molecule has 3 aromatic rings. The standard InChI is InChI=1S/C20H21N3O3S3/c1-14-6-4-5-7-18(14)27-13-19(24)22-20-21-17(12-28-20)15-8-10-16(11-9-15)29(25,26)23(2)3/h4-12H,13H2,1-3H3,(H,21,22,24). The van der Waals surface area contributed by atoms with Crippen LogP contribution in [0.1, 0.15) is 5.56 Å². The molecule has 29 heavy (non-hydrogen) atoms. The fourth-order valence-electron chi connectivity index (χ4n) is 2.49. The summed E-state index contributed by atoms with van der Waals surface area (Å²) in [4.78, 5) is 18.0. The van der Waals surface area contributed by atoms with Gasteiger partial charge in [0.05, 0.1) is 16.3 Å². The van der Waals surface area contributed by atoms with Crippen LogP contribution in [0.2, 0.25) is 0 Å². The number of rotatable bonds is 7. The minimum absolute atomic E-state index is 0.119. The van der Waals surface area contributed by atoms with E-state index in [1.807, 2.05) is 36.6 Å². The van der Waals surface area contributed by atoms with Crippen molar-refractivity contribution < 1.29 is 13.2 Å². The van der Waals surface area contributed by atoms with Crippen molar-refractivity contribution in [3.8, 4) is 11.3 Å². The molecule has 0 spiro atoms. The summed E-state index contributed by atoms with van der Waals surface area (Å²) < 4.78 is 25.5. The van der Waals surface area contributed by atoms with E-state index in [4.69, 9.17) is 0 Å². The molecule has 1 amide bonds. The minimum Gasteiger partial charge on any atom is -0.301 e. The van der Waals surface area contributed by atoms with Gasteiger partial charge >= 0.3 is 0 Å². The molecule has 0 aliphatic carbocycles. The Bertz CT molecular complexity index is 1110. The van der Waals surface area contributed by atoms with E-state index in [1.54, 1.807) is 24.3 Å². The van der Waals surface area contributed by atoms with Crippen molar-refractivity contribution in [2.24, 2.45) is 0 Å². The van der Waals surface area contributed by atoms with Crippen LogP contribution in [-0.2, 0) is 14.8 Å². The van der Waals surface area contributed by atoms with Crippen LogP contribution in [0.25, 0.3) is 11.3 Å². The summed E-state index contributed by atoms with van der Waals surface area (Å²) in [5.41, 5.74) is 2.61. The summed E-state index contributed by atoms with van der Waals surface area (Å²) in [5, 5.41) is 5.16. The number of thiazole rings is 1. The van der Waals surface area contributed by atoms with E-state index in [1.165, 1.54) is 41.5 Å². The van der Waals surface area contributed by atoms with Crippen LogP contribution in [0.5, 0.6) is 0 Å². The smallest absolute Gasteiger partial charge is 0.242 e. The maximum Gasteiger partial charge on any atom is 0.242 e. The van der Waals surface area contributed by atoms with Crippen LogP contribution >= 0.6 is 23.1 Å². The molecule has 1 N–H and O–H groups in total. The minimum atomic E-state index is -3.46. The number of sulfonamides is 1. The van der Waals surface area contributed by atoms with E-state index in [0.29, 0.717) is 16.6 Å². The molecule has 6 nitrogen and oxygen atoms in total. The first-order valence-electron chi connectivity index (χ1n) is 8.74. The van der Waals surface area contributed by atoms with Crippen LogP contribution in [0.15, 0.2) is 63.7 Å². The van der Waals surface area contributed by atoms with Crippen molar-refractivity contribution >= 4 is 44.2 Å². The lowest BCUT2D eigenvalue weighted by molar-refractivity contribution is -0.113. The Morgan fingerprint density at radius 1 is 1.14 bits per heavy atom. The van der Waals surface area contributed by atoms with Gasteiger partial charge in [-0.05, 0) is 30.7 Å². The fourth-order valence-corrected chi connectivity index (χ4v) is 4.96. The van der Waals surface area contributed by atoms with E-state index in [-0.39, 0.29) is 10.8 Å². The molecule has 9 heteroatoms. The van der Waals surface area contributed by atoms with Gasteiger partial charge in [0.15, 0.2) is 5.13 Å². The predicted octanol–water partition coefficient (Wildman–Crippen LogP) is 4.10. The molecule has 0 unspecified atom stereocenters. The van der Waals surface area contributed by atoms with E-state index < -0.39 is 10.0 Å². The number of anilines is 1. The highest BCUT2D eigenvalue weighted by Crippen LogP contribution is 2.27. The molecule has 0 aliphatic heterocycles. The Kier molecular flexibility index (Phi) is 6.74. The van der Waals surface area contributed by atoms with Gasteiger partial charge in [-0.25, -0.2) is 17.7 Å². The van der Waals surface area contributed by atoms with Gasteiger partial charge in [0.1, 0.15) is 0 Å². The lowest BCUT2D eigenvalue weighted by Gasteiger charge is -2.11. The molecule has 0 saturated carbocycles. The molecule has 0 saturated heterocycles. The predicted molar refractivity (Wildman–Crippen MR) is 119 cm³/mol. The second-order valence-corrected chi connectivity index (χ2v) is 10.5. The van der Waals surface area contributed by atoms with Gasteiger partial charge in [0.2, 0.25) is 15.9 Å². The third kappa shape index (κ3) is 5.24. The molecule has 0 aliphatic rings. The van der Waals surface area contributed by atoms with Gasteiger partial charge in [-0.2, -0.15) is 0 Å². The Hall–Kier alpha value is -2.20. The van der Waals surface area contributed by atoms with Gasteiger partial charge in [-0.3, -0.25) is 4.79 Å². The zero-order valence-corrected chi connectivity index (χ0v) is 18.7. The number of amides is 1. The number of aromatic nitrogens is 1. The third-order valence-electron chi connectivity index (χ3n) is 4.13. The number of nitrogens with one attached hydrogen (secondary N) is 1. The second kappa shape index (κ2) is 9.08. The average molecular weight is 448 g/mol. The van der Waals surface area contributed by atoms with Crippen LogP contribution in [-0.4, -0.2) is 43.5 Å². The van der Waals surface area contributed by atoms with E-state index in [0.717, 1.165) is 16.0 Å². The highest BCUT2D eigenvalue weighted by Gasteiger charge is 2.17. The van der Waals surface area contributed by atoms with Crippen LogP contribution in [0, 0.1) is 6.92 Å². The molecule has 0 bridgehead atoms. The Morgan fingerprint density at radius 2 is 1.83 bits per heavy atom. The summed E-state index contributed by atoms with van der Waals surface area (Å²) >= 11 is 2.82. The number of carbonyl (C=O) groups is 1. The molecule has 0 fully saturated rings. The SMILES string of the molecule is Cc1ccccc1SCC(=O)Nc1nc(-c2ccc(S(=O)(=O)N(C)C)cc2)cs1. The summed E-state index contributed by atoms with van der Waals surface area (Å²) in [7, 11) is -0.471. The Morgan fingerprint density at radius 3 is 2.48 bits per heavy atom. The highest BCUT2D eigenvalue weighted by atomic mass is 32.2. The van der Waals surface area contributed by atoms with Crippen molar-refractivity contribution in [1.29, 1.82) is 0 Å². The number of carbonyl (C=O) groups excluding carboxylic acids is 1. The fraction of sp³-hybridized carbons (Fsp3) is 0.200. The quantitative estimate of drug-likeness (QED) is 0.552. The molecule has 2 aromatic carbocycles. The zero-order valence-electron chi connectivity index (χ0n) is 16.2. The van der Waals surface area contributed by atoms with Gasteiger partial charge in [-0.15, -0.1) is 23.1 Å². The summed E-state index contributed by atoms with van der Waals surface area (Å²) in [6.07, 6.45) is 0. The number of thioether (sulfide) groups is 1. The largest absolute Gasteiger partial charge is 0.301 e. The van der Waals surface area contributed by atoms with Crippen LogP contribution in [0.3, 0.4) is 0 Å². The second-order valence-electron chi connectivity index (χ2n) is 6.45. The summed E-state index contributed by atoms with van der Waals surface area (Å²) in [5.74, 6) is 0.184. The van der Waals surface area contributed by atoms with E-state index in [9.17, 15) is 13.2 Å². The van der Waals surface area contributed by atoms with Crippen molar-refractivity contribution in [3.05, 3.63) is 59.5 Å². The number of hydrogen-bond donors (Lipinski definition) is 1. The first-order chi connectivity index (χ1) is 13.8. The highest BCUT2D eigenvalue weighted by molar-refractivity contribution is 8.00. The first kappa shape index (κ1) is 21.5.